The third kappa shape index (κ3) is 3.94. The second-order valence-corrected chi connectivity index (χ2v) is 8.05. The number of aromatic amines is 1. The molecular weight excluding hydrogens is 404 g/mol. The number of aryl methyl sites for hydroxylation is 2. The van der Waals surface area contributed by atoms with Crippen molar-refractivity contribution in [1.29, 1.82) is 0 Å². The first-order valence-corrected chi connectivity index (χ1v) is 9.72. The molecule has 0 radical (unpaired) electrons. The van der Waals surface area contributed by atoms with Crippen molar-refractivity contribution in [2.75, 3.05) is 11.9 Å². The zero-order chi connectivity index (χ0) is 20.4. The minimum atomic E-state index is -0.668. The van der Waals surface area contributed by atoms with Crippen LogP contribution in [0.1, 0.15) is 20.2 Å². The number of carbonyl (C=O) groups excluding carboxylic acids is 2. The predicted octanol–water partition coefficient (Wildman–Crippen LogP) is 1.81. The Kier molecular flexibility index (Phi) is 5.56. The topological polar surface area (TPSA) is 123 Å². The zero-order valence-electron chi connectivity index (χ0n) is 15.0. The summed E-state index contributed by atoms with van der Waals surface area (Å²) in [7, 11) is 0. The van der Waals surface area contributed by atoms with Crippen molar-refractivity contribution in [3.05, 3.63) is 55.0 Å². The molecule has 1 amide bonds. The lowest BCUT2D eigenvalue weighted by molar-refractivity contribution is -0.116. The Labute approximate surface area is 166 Å². The van der Waals surface area contributed by atoms with E-state index in [-0.39, 0.29) is 16.6 Å². The van der Waals surface area contributed by atoms with Gasteiger partial charge >= 0.3 is 11.7 Å². The molecular formula is C17H16N4O5S2. The van der Waals surface area contributed by atoms with Crippen LogP contribution in [-0.2, 0) is 16.1 Å². The number of rotatable bonds is 6. The molecule has 0 aromatic carbocycles. The summed E-state index contributed by atoms with van der Waals surface area (Å²) >= 11 is 2.24. The van der Waals surface area contributed by atoms with Crippen LogP contribution in [0.5, 0.6) is 0 Å². The Hall–Kier alpha value is -3.05. The molecule has 9 nitrogen and oxygen atoms in total. The van der Waals surface area contributed by atoms with Gasteiger partial charge in [-0.1, -0.05) is 24.0 Å². The second-order valence-electron chi connectivity index (χ2n) is 5.79. The predicted molar refractivity (Wildman–Crippen MR) is 107 cm³/mol. The van der Waals surface area contributed by atoms with Crippen LogP contribution in [0.4, 0.5) is 5.13 Å². The number of H-pyrrole nitrogens is 1. The summed E-state index contributed by atoms with van der Waals surface area (Å²) in [6.45, 7) is 6.48. The Bertz CT molecular complexity index is 1200. The fraction of sp³-hybridized carbons (Fsp3) is 0.235. The van der Waals surface area contributed by atoms with E-state index in [1.807, 2.05) is 6.92 Å². The Morgan fingerprint density at radius 2 is 2.11 bits per heavy atom. The van der Waals surface area contributed by atoms with Gasteiger partial charge in [-0.25, -0.2) is 14.6 Å². The van der Waals surface area contributed by atoms with Crippen LogP contribution in [0.15, 0.2) is 28.3 Å². The normalized spacial score (nSPS) is 10.8. The van der Waals surface area contributed by atoms with Gasteiger partial charge in [0.2, 0.25) is 5.91 Å². The highest BCUT2D eigenvalue weighted by atomic mass is 32.1. The van der Waals surface area contributed by atoms with Gasteiger partial charge in [0, 0.05) is 4.88 Å². The minimum absolute atomic E-state index is 0.0636. The Morgan fingerprint density at radius 1 is 1.36 bits per heavy atom. The first-order valence-electron chi connectivity index (χ1n) is 8.08. The number of nitrogens with one attached hydrogen (secondary N) is 2. The van der Waals surface area contributed by atoms with Crippen molar-refractivity contribution in [3.63, 3.8) is 0 Å². The van der Waals surface area contributed by atoms with Crippen LogP contribution in [0, 0.1) is 13.8 Å². The van der Waals surface area contributed by atoms with E-state index in [1.165, 1.54) is 17.4 Å². The SMILES string of the molecule is C=CCOC(=O)c1sc(NC(=O)Cn2c(=O)[nH]c3sc(C)cc3c2=O)nc1C. The highest BCUT2D eigenvalue weighted by Crippen LogP contribution is 2.23. The maximum Gasteiger partial charge on any atom is 0.350 e. The van der Waals surface area contributed by atoms with Crippen molar-refractivity contribution < 1.29 is 14.3 Å². The monoisotopic (exact) mass is 420 g/mol. The quantitative estimate of drug-likeness (QED) is 0.463. The summed E-state index contributed by atoms with van der Waals surface area (Å²) in [6, 6.07) is 1.66. The molecule has 0 saturated heterocycles. The van der Waals surface area contributed by atoms with Gasteiger partial charge in [-0.15, -0.1) is 11.3 Å². The zero-order valence-corrected chi connectivity index (χ0v) is 16.7. The Balaban J connectivity index is 1.79. The highest BCUT2D eigenvalue weighted by Gasteiger charge is 2.19. The number of hydrogen-bond acceptors (Lipinski definition) is 8. The molecule has 3 aromatic heterocycles. The van der Waals surface area contributed by atoms with Crippen molar-refractivity contribution in [3.8, 4) is 0 Å². The lowest BCUT2D eigenvalue weighted by Gasteiger charge is -2.04. The number of nitrogens with zero attached hydrogens (tertiary/aromatic N) is 2. The number of hydrogen-bond donors (Lipinski definition) is 2. The maximum absolute atomic E-state index is 12.5. The Morgan fingerprint density at radius 3 is 2.82 bits per heavy atom. The average Bonchev–Trinajstić information content (AvgIpc) is 3.18. The van der Waals surface area contributed by atoms with E-state index in [0.717, 1.165) is 20.8 Å². The summed E-state index contributed by atoms with van der Waals surface area (Å²) in [6.07, 6.45) is 1.44. The molecule has 0 aliphatic heterocycles. The lowest BCUT2D eigenvalue weighted by atomic mass is 10.3. The largest absolute Gasteiger partial charge is 0.457 e. The molecule has 0 aliphatic rings. The van der Waals surface area contributed by atoms with E-state index in [0.29, 0.717) is 15.9 Å². The number of ether oxygens (including phenoxy) is 1. The summed E-state index contributed by atoms with van der Waals surface area (Å²) < 4.78 is 5.78. The first-order chi connectivity index (χ1) is 13.3. The molecule has 28 heavy (non-hydrogen) atoms. The molecule has 0 fully saturated rings. The molecule has 0 atom stereocenters. The van der Waals surface area contributed by atoms with Crippen molar-refractivity contribution in [1.82, 2.24) is 14.5 Å². The van der Waals surface area contributed by atoms with Gasteiger partial charge in [0.15, 0.2) is 5.13 Å². The number of fused-ring (bicyclic) bond motifs is 1. The number of thiophene rings is 1. The number of anilines is 1. The third-order valence-electron chi connectivity index (χ3n) is 3.66. The molecule has 3 aromatic rings. The van der Waals surface area contributed by atoms with Crippen LogP contribution in [0.3, 0.4) is 0 Å². The highest BCUT2D eigenvalue weighted by molar-refractivity contribution is 7.18. The van der Waals surface area contributed by atoms with Gasteiger partial charge in [0.05, 0.1) is 11.1 Å². The van der Waals surface area contributed by atoms with Gasteiger partial charge in [-0.2, -0.15) is 0 Å². The average molecular weight is 420 g/mol. The molecule has 2 N–H and O–H groups in total. The van der Waals surface area contributed by atoms with Crippen LogP contribution < -0.4 is 16.6 Å². The van der Waals surface area contributed by atoms with Crippen LogP contribution in [-0.4, -0.2) is 33.0 Å². The van der Waals surface area contributed by atoms with Crippen LogP contribution >= 0.6 is 22.7 Å². The molecule has 3 rings (SSSR count). The summed E-state index contributed by atoms with van der Waals surface area (Å²) in [5.41, 5.74) is -0.805. The number of aromatic nitrogens is 3. The summed E-state index contributed by atoms with van der Waals surface area (Å²) in [4.78, 5) is 57.2. The van der Waals surface area contributed by atoms with E-state index in [2.05, 4.69) is 21.9 Å². The first kappa shape index (κ1) is 19.7. The van der Waals surface area contributed by atoms with Crippen molar-refractivity contribution in [2.24, 2.45) is 0 Å². The second kappa shape index (κ2) is 7.90. The molecule has 0 saturated carbocycles. The van der Waals surface area contributed by atoms with Crippen molar-refractivity contribution >= 4 is 49.9 Å². The van der Waals surface area contributed by atoms with Crippen molar-refractivity contribution in [2.45, 2.75) is 20.4 Å². The molecule has 0 bridgehead atoms. The van der Waals surface area contributed by atoms with Gasteiger partial charge in [0.1, 0.15) is 22.9 Å². The van der Waals surface area contributed by atoms with Crippen LogP contribution in [0.25, 0.3) is 10.2 Å². The smallest absolute Gasteiger partial charge is 0.350 e. The van der Waals surface area contributed by atoms with Gasteiger partial charge in [-0.05, 0) is 19.9 Å². The van der Waals surface area contributed by atoms with Gasteiger partial charge in [-0.3, -0.25) is 19.1 Å². The molecule has 0 aliphatic carbocycles. The van der Waals surface area contributed by atoms with Crippen LogP contribution in [0.2, 0.25) is 0 Å². The maximum atomic E-state index is 12.5. The van der Waals surface area contributed by atoms with E-state index in [1.54, 1.807) is 13.0 Å². The van der Waals surface area contributed by atoms with E-state index < -0.39 is 29.7 Å². The molecule has 146 valence electrons. The minimum Gasteiger partial charge on any atom is -0.457 e. The fourth-order valence-electron chi connectivity index (χ4n) is 2.45. The fourth-order valence-corrected chi connectivity index (χ4v) is 4.22. The number of carbonyl (C=O) groups is 2. The summed E-state index contributed by atoms with van der Waals surface area (Å²) in [5.74, 6) is -1.18. The van der Waals surface area contributed by atoms with Gasteiger partial charge in [0.25, 0.3) is 5.56 Å². The van der Waals surface area contributed by atoms with Gasteiger partial charge < -0.3 is 10.1 Å². The number of thiazole rings is 1. The van der Waals surface area contributed by atoms with E-state index in [4.69, 9.17) is 4.74 Å². The standard InChI is InChI=1S/C17H16N4O5S2/c1-4-5-26-15(24)12-9(3)18-16(28-12)19-11(22)7-21-14(23)10-6-8(2)27-13(10)20-17(21)25/h4,6H,1,5,7H2,2-3H3,(H,20,25)(H,18,19,22). The molecule has 0 unspecified atom stereocenters. The molecule has 3 heterocycles. The third-order valence-corrected chi connectivity index (χ3v) is 5.68. The number of esters is 1. The van der Waals surface area contributed by atoms with E-state index in [9.17, 15) is 19.2 Å². The van der Waals surface area contributed by atoms with E-state index >= 15 is 0 Å². The number of amides is 1. The summed E-state index contributed by atoms with van der Waals surface area (Å²) in [5, 5.41) is 3.03. The lowest BCUT2D eigenvalue weighted by Crippen LogP contribution is -2.38. The molecule has 11 heteroatoms. The molecule has 0 spiro atoms.